The number of nitrogens with one attached hydrogen (secondary N) is 1. The molecule has 1 aromatic rings. The second-order valence-electron chi connectivity index (χ2n) is 6.34. The van der Waals surface area contributed by atoms with Crippen molar-refractivity contribution in [2.24, 2.45) is 4.99 Å². The summed E-state index contributed by atoms with van der Waals surface area (Å²) in [6.07, 6.45) is 1.07. The maximum Gasteiger partial charge on any atom is 0.193 e. The number of thiophene rings is 1. The Morgan fingerprint density at radius 1 is 1.43 bits per heavy atom. The maximum atomic E-state index is 4.89. The molecular formula is C17H31N5S. The molecule has 0 bridgehead atoms. The van der Waals surface area contributed by atoms with Gasteiger partial charge in [0.05, 0.1) is 6.54 Å². The second-order valence-corrected chi connectivity index (χ2v) is 7.37. The molecule has 0 saturated carbocycles. The minimum atomic E-state index is 0.508. The van der Waals surface area contributed by atoms with E-state index in [4.69, 9.17) is 4.99 Å². The van der Waals surface area contributed by atoms with Crippen molar-refractivity contribution in [3.63, 3.8) is 0 Å². The number of hydrogen-bond acceptors (Lipinski definition) is 4. The van der Waals surface area contributed by atoms with Crippen LogP contribution < -0.4 is 5.32 Å². The summed E-state index contributed by atoms with van der Waals surface area (Å²) in [5, 5.41) is 5.57. The molecule has 1 aliphatic rings. The van der Waals surface area contributed by atoms with Gasteiger partial charge in [-0.2, -0.15) is 0 Å². The molecule has 1 atom stereocenters. The van der Waals surface area contributed by atoms with Crippen LogP contribution in [0, 0.1) is 0 Å². The van der Waals surface area contributed by atoms with Crippen molar-refractivity contribution in [3.05, 3.63) is 22.4 Å². The van der Waals surface area contributed by atoms with Crippen molar-refractivity contribution in [2.45, 2.75) is 19.4 Å². The molecule has 1 unspecified atom stereocenters. The monoisotopic (exact) mass is 337 g/mol. The quantitative estimate of drug-likeness (QED) is 0.629. The number of rotatable bonds is 6. The molecule has 0 aliphatic carbocycles. The van der Waals surface area contributed by atoms with Crippen LogP contribution in [0.3, 0.4) is 0 Å². The van der Waals surface area contributed by atoms with Crippen molar-refractivity contribution in [1.29, 1.82) is 0 Å². The van der Waals surface area contributed by atoms with Crippen LogP contribution in [0.5, 0.6) is 0 Å². The van der Waals surface area contributed by atoms with E-state index in [9.17, 15) is 0 Å². The van der Waals surface area contributed by atoms with Gasteiger partial charge in [0, 0.05) is 50.7 Å². The number of guanidine groups is 1. The number of likely N-dealkylation sites (N-methyl/N-ethyl adjacent to an activating group) is 3. The minimum absolute atomic E-state index is 0.508. The highest BCUT2D eigenvalue weighted by Crippen LogP contribution is 2.10. The predicted octanol–water partition coefficient (Wildman–Crippen LogP) is 1.43. The molecule has 0 aromatic carbocycles. The lowest BCUT2D eigenvalue weighted by atomic mass is 10.2. The molecule has 23 heavy (non-hydrogen) atoms. The number of aliphatic imine (C=N–C) groups is 1. The molecule has 1 fully saturated rings. The van der Waals surface area contributed by atoms with E-state index in [0.29, 0.717) is 6.04 Å². The van der Waals surface area contributed by atoms with Crippen LogP contribution in [-0.2, 0) is 6.42 Å². The molecule has 0 spiro atoms. The highest BCUT2D eigenvalue weighted by atomic mass is 32.1. The van der Waals surface area contributed by atoms with Gasteiger partial charge in [0.2, 0.25) is 0 Å². The average Bonchev–Trinajstić information content (AvgIpc) is 3.05. The largest absolute Gasteiger partial charge is 0.357 e. The number of nitrogens with zero attached hydrogens (tertiary/aromatic N) is 4. The smallest absolute Gasteiger partial charge is 0.193 e. The molecule has 2 heterocycles. The molecule has 2 rings (SSSR count). The fourth-order valence-corrected chi connectivity index (χ4v) is 3.50. The lowest BCUT2D eigenvalue weighted by Gasteiger charge is -2.37. The standard InChI is InChI=1S/C17H31N5S/c1-5-18-17(22(4)9-8-16-7-6-12-23-16)19-13-15-14-20(2)10-11-21(15)3/h6-7,12,15H,5,8-11,13-14H2,1-4H3,(H,18,19). The van der Waals surface area contributed by atoms with Gasteiger partial charge in [0.25, 0.3) is 0 Å². The van der Waals surface area contributed by atoms with Crippen LogP contribution in [0.1, 0.15) is 11.8 Å². The van der Waals surface area contributed by atoms with Gasteiger partial charge >= 0.3 is 0 Å². The zero-order valence-corrected chi connectivity index (χ0v) is 15.8. The molecule has 130 valence electrons. The molecule has 6 heteroatoms. The Kier molecular flexibility index (Phi) is 7.33. The van der Waals surface area contributed by atoms with E-state index in [1.165, 1.54) is 4.88 Å². The van der Waals surface area contributed by atoms with E-state index in [0.717, 1.165) is 51.6 Å². The Morgan fingerprint density at radius 3 is 2.96 bits per heavy atom. The summed E-state index contributed by atoms with van der Waals surface area (Å²) in [5.41, 5.74) is 0. The third kappa shape index (κ3) is 5.79. The molecule has 1 aromatic heterocycles. The van der Waals surface area contributed by atoms with Gasteiger partial charge in [0.1, 0.15) is 0 Å². The van der Waals surface area contributed by atoms with Crippen LogP contribution in [0.15, 0.2) is 22.5 Å². The molecular weight excluding hydrogens is 306 g/mol. The topological polar surface area (TPSA) is 34.1 Å². The summed E-state index contributed by atoms with van der Waals surface area (Å²) in [6.45, 7) is 8.25. The van der Waals surface area contributed by atoms with Crippen LogP contribution in [0.4, 0.5) is 0 Å². The van der Waals surface area contributed by atoms with Crippen molar-refractivity contribution < 1.29 is 0 Å². The van der Waals surface area contributed by atoms with E-state index < -0.39 is 0 Å². The van der Waals surface area contributed by atoms with E-state index in [1.54, 1.807) is 0 Å². The van der Waals surface area contributed by atoms with Crippen molar-refractivity contribution in [1.82, 2.24) is 20.0 Å². The zero-order chi connectivity index (χ0) is 16.7. The highest BCUT2D eigenvalue weighted by molar-refractivity contribution is 7.09. The molecule has 1 N–H and O–H groups in total. The zero-order valence-electron chi connectivity index (χ0n) is 15.0. The number of hydrogen-bond donors (Lipinski definition) is 1. The van der Waals surface area contributed by atoms with Gasteiger partial charge in [-0.05, 0) is 38.9 Å². The van der Waals surface area contributed by atoms with Crippen LogP contribution >= 0.6 is 11.3 Å². The molecule has 5 nitrogen and oxygen atoms in total. The van der Waals surface area contributed by atoms with Crippen LogP contribution in [-0.4, -0.2) is 87.1 Å². The first-order valence-electron chi connectivity index (χ1n) is 8.50. The van der Waals surface area contributed by atoms with Crippen molar-refractivity contribution >= 4 is 17.3 Å². The summed E-state index contributed by atoms with van der Waals surface area (Å²) in [5.74, 6) is 1.02. The summed E-state index contributed by atoms with van der Waals surface area (Å²) in [7, 11) is 6.54. The van der Waals surface area contributed by atoms with Gasteiger partial charge in [0.15, 0.2) is 5.96 Å². The van der Waals surface area contributed by atoms with Gasteiger partial charge in [-0.25, -0.2) is 0 Å². The van der Waals surface area contributed by atoms with Crippen LogP contribution in [0.25, 0.3) is 0 Å². The van der Waals surface area contributed by atoms with Gasteiger partial charge in [-0.1, -0.05) is 6.07 Å². The first-order chi connectivity index (χ1) is 11.1. The van der Waals surface area contributed by atoms with E-state index in [-0.39, 0.29) is 0 Å². The fourth-order valence-electron chi connectivity index (χ4n) is 2.80. The summed E-state index contributed by atoms with van der Waals surface area (Å²) in [4.78, 5) is 13.4. The maximum absolute atomic E-state index is 4.89. The lowest BCUT2D eigenvalue weighted by Crippen LogP contribution is -2.51. The van der Waals surface area contributed by atoms with Gasteiger partial charge < -0.3 is 15.1 Å². The van der Waals surface area contributed by atoms with Gasteiger partial charge in [-0.3, -0.25) is 9.89 Å². The van der Waals surface area contributed by atoms with E-state index in [2.05, 4.69) is 65.6 Å². The average molecular weight is 338 g/mol. The lowest BCUT2D eigenvalue weighted by molar-refractivity contribution is 0.119. The molecule has 1 saturated heterocycles. The fraction of sp³-hybridized carbons (Fsp3) is 0.706. The second kappa shape index (κ2) is 9.25. The minimum Gasteiger partial charge on any atom is -0.357 e. The Labute approximate surface area is 145 Å². The molecule has 1 aliphatic heterocycles. The van der Waals surface area contributed by atoms with Crippen LogP contribution in [0.2, 0.25) is 0 Å². The van der Waals surface area contributed by atoms with Gasteiger partial charge in [-0.15, -0.1) is 11.3 Å². The third-order valence-corrected chi connectivity index (χ3v) is 5.34. The normalized spacial score (nSPS) is 20.7. The summed E-state index contributed by atoms with van der Waals surface area (Å²) in [6, 6.07) is 4.83. The Balaban J connectivity index is 1.90. The Morgan fingerprint density at radius 2 is 2.26 bits per heavy atom. The predicted molar refractivity (Wildman–Crippen MR) is 101 cm³/mol. The molecule has 0 amide bonds. The molecule has 0 radical (unpaired) electrons. The van der Waals surface area contributed by atoms with E-state index >= 15 is 0 Å². The summed E-state index contributed by atoms with van der Waals surface area (Å²) >= 11 is 1.83. The summed E-state index contributed by atoms with van der Waals surface area (Å²) < 4.78 is 0. The highest BCUT2D eigenvalue weighted by Gasteiger charge is 2.22. The van der Waals surface area contributed by atoms with E-state index in [1.807, 2.05) is 11.3 Å². The Hall–Kier alpha value is -1.11. The first kappa shape index (κ1) is 18.2. The van der Waals surface area contributed by atoms with Crippen molar-refractivity contribution in [3.8, 4) is 0 Å². The Bertz CT molecular complexity index is 473. The third-order valence-electron chi connectivity index (χ3n) is 4.40. The SMILES string of the molecule is CCNC(=NCC1CN(C)CCN1C)N(C)CCc1cccs1. The van der Waals surface area contributed by atoms with Crippen molar-refractivity contribution in [2.75, 3.05) is 60.4 Å². The number of piperazine rings is 1. The first-order valence-corrected chi connectivity index (χ1v) is 9.38.